The first-order valence-electron chi connectivity index (χ1n) is 7.06. The Bertz CT molecular complexity index is 728. The number of hydrogen-bond acceptors (Lipinski definition) is 3. The number of anilines is 1. The van der Waals surface area contributed by atoms with E-state index >= 15 is 0 Å². The molecule has 0 atom stereocenters. The van der Waals surface area contributed by atoms with Crippen LogP contribution in [-0.4, -0.2) is 29.4 Å². The Morgan fingerprint density at radius 2 is 2.05 bits per heavy atom. The number of halogens is 1. The van der Waals surface area contributed by atoms with E-state index < -0.39 is 0 Å². The molecule has 0 fully saturated rings. The molecule has 0 bridgehead atoms. The Hall–Kier alpha value is -2.33. The number of nitrogens with zero attached hydrogens (tertiary/aromatic N) is 2. The van der Waals surface area contributed by atoms with Gasteiger partial charge in [-0.2, -0.15) is 0 Å². The SMILES string of the molecule is CN(/C=C1/C(=O)Nc2ccc(Cl)cc21)CCc1ccncc1. The number of pyridine rings is 1. The van der Waals surface area contributed by atoms with Gasteiger partial charge >= 0.3 is 0 Å². The summed E-state index contributed by atoms with van der Waals surface area (Å²) in [4.78, 5) is 18.1. The molecule has 1 aromatic carbocycles. The van der Waals surface area contributed by atoms with Gasteiger partial charge in [-0.25, -0.2) is 0 Å². The van der Waals surface area contributed by atoms with E-state index in [1.165, 1.54) is 5.56 Å². The third kappa shape index (κ3) is 3.12. The fraction of sp³-hybridized carbons (Fsp3) is 0.176. The molecule has 1 amide bonds. The molecular weight excluding hydrogens is 298 g/mol. The summed E-state index contributed by atoms with van der Waals surface area (Å²) in [7, 11) is 1.96. The molecule has 1 aromatic heterocycles. The topological polar surface area (TPSA) is 45.2 Å². The zero-order valence-corrected chi connectivity index (χ0v) is 13.0. The molecule has 0 unspecified atom stereocenters. The predicted octanol–water partition coefficient (Wildman–Crippen LogP) is 3.20. The monoisotopic (exact) mass is 313 g/mol. The number of likely N-dealkylation sites (N-methyl/N-ethyl adjacent to an activating group) is 1. The first-order chi connectivity index (χ1) is 10.6. The van der Waals surface area contributed by atoms with Gasteiger partial charge in [0.2, 0.25) is 0 Å². The first kappa shape index (κ1) is 14.6. The van der Waals surface area contributed by atoms with Gasteiger partial charge < -0.3 is 10.2 Å². The number of fused-ring (bicyclic) bond motifs is 1. The van der Waals surface area contributed by atoms with Crippen LogP contribution in [0.25, 0.3) is 5.57 Å². The lowest BCUT2D eigenvalue weighted by Crippen LogP contribution is -2.16. The second-order valence-electron chi connectivity index (χ2n) is 5.27. The summed E-state index contributed by atoms with van der Waals surface area (Å²) in [6, 6.07) is 9.41. The van der Waals surface area contributed by atoms with Gasteiger partial charge in [-0.3, -0.25) is 9.78 Å². The van der Waals surface area contributed by atoms with E-state index in [-0.39, 0.29) is 5.91 Å². The fourth-order valence-corrected chi connectivity index (χ4v) is 2.60. The van der Waals surface area contributed by atoms with Crippen molar-refractivity contribution in [2.24, 2.45) is 0 Å². The normalized spacial score (nSPS) is 14.8. The number of nitrogens with one attached hydrogen (secondary N) is 1. The van der Waals surface area contributed by atoms with Gasteiger partial charge in [0.25, 0.3) is 5.91 Å². The summed E-state index contributed by atoms with van der Waals surface area (Å²) in [5, 5.41) is 3.48. The molecule has 0 spiro atoms. The minimum atomic E-state index is -0.0898. The molecule has 22 heavy (non-hydrogen) atoms. The average Bonchev–Trinajstić information content (AvgIpc) is 2.82. The van der Waals surface area contributed by atoms with Crippen LogP contribution in [0, 0.1) is 0 Å². The lowest BCUT2D eigenvalue weighted by molar-refractivity contribution is -0.110. The van der Waals surface area contributed by atoms with E-state index in [2.05, 4.69) is 10.3 Å². The Morgan fingerprint density at radius 1 is 1.27 bits per heavy atom. The van der Waals surface area contributed by atoms with Crippen LogP contribution in [0.2, 0.25) is 5.02 Å². The molecule has 2 heterocycles. The summed E-state index contributed by atoms with van der Waals surface area (Å²) >= 11 is 6.03. The van der Waals surface area contributed by atoms with E-state index in [0.29, 0.717) is 10.6 Å². The van der Waals surface area contributed by atoms with Crippen LogP contribution >= 0.6 is 11.6 Å². The number of carbonyl (C=O) groups is 1. The van der Waals surface area contributed by atoms with E-state index in [1.54, 1.807) is 18.5 Å². The lowest BCUT2D eigenvalue weighted by Gasteiger charge is -2.15. The Balaban J connectivity index is 1.74. The Kier molecular flexibility index (Phi) is 4.11. The minimum absolute atomic E-state index is 0.0898. The van der Waals surface area contributed by atoms with Crippen molar-refractivity contribution in [3.8, 4) is 0 Å². The van der Waals surface area contributed by atoms with Gasteiger partial charge in [-0.05, 0) is 42.3 Å². The van der Waals surface area contributed by atoms with Gasteiger partial charge in [0.1, 0.15) is 0 Å². The van der Waals surface area contributed by atoms with E-state index in [1.807, 2.05) is 42.4 Å². The summed E-state index contributed by atoms with van der Waals surface area (Å²) in [5.74, 6) is -0.0898. The van der Waals surface area contributed by atoms with Gasteiger partial charge in [0.05, 0.1) is 5.57 Å². The Labute approximate surface area is 134 Å². The van der Waals surface area contributed by atoms with Crippen LogP contribution < -0.4 is 5.32 Å². The van der Waals surface area contributed by atoms with Crippen molar-refractivity contribution >= 4 is 28.8 Å². The molecule has 0 saturated heterocycles. The number of hydrogen-bond donors (Lipinski definition) is 1. The predicted molar refractivity (Wildman–Crippen MR) is 88.6 cm³/mol. The maximum absolute atomic E-state index is 12.1. The van der Waals surface area contributed by atoms with Gasteiger partial charge in [-0.15, -0.1) is 0 Å². The van der Waals surface area contributed by atoms with E-state index in [9.17, 15) is 4.79 Å². The molecule has 1 aliphatic heterocycles. The third-order valence-corrected chi connectivity index (χ3v) is 3.85. The highest BCUT2D eigenvalue weighted by atomic mass is 35.5. The highest BCUT2D eigenvalue weighted by molar-refractivity contribution is 6.34. The van der Waals surface area contributed by atoms with Crippen LogP contribution in [0.4, 0.5) is 5.69 Å². The average molecular weight is 314 g/mol. The summed E-state index contributed by atoms with van der Waals surface area (Å²) < 4.78 is 0. The van der Waals surface area contributed by atoms with Crippen molar-refractivity contribution in [3.63, 3.8) is 0 Å². The maximum atomic E-state index is 12.1. The second-order valence-corrected chi connectivity index (χ2v) is 5.71. The largest absolute Gasteiger partial charge is 0.379 e. The third-order valence-electron chi connectivity index (χ3n) is 3.62. The quantitative estimate of drug-likeness (QED) is 0.882. The molecule has 1 aliphatic rings. The fourth-order valence-electron chi connectivity index (χ4n) is 2.43. The van der Waals surface area contributed by atoms with E-state index in [4.69, 9.17) is 11.6 Å². The van der Waals surface area contributed by atoms with Gasteiger partial charge in [0, 0.05) is 48.5 Å². The van der Waals surface area contributed by atoms with Crippen molar-refractivity contribution in [1.29, 1.82) is 0 Å². The lowest BCUT2D eigenvalue weighted by atomic mass is 10.1. The summed E-state index contributed by atoms with van der Waals surface area (Å²) in [5.41, 5.74) is 3.53. The van der Waals surface area contributed by atoms with Crippen molar-refractivity contribution < 1.29 is 4.79 Å². The molecule has 0 radical (unpaired) electrons. The van der Waals surface area contributed by atoms with Crippen molar-refractivity contribution in [1.82, 2.24) is 9.88 Å². The smallest absolute Gasteiger partial charge is 0.257 e. The highest BCUT2D eigenvalue weighted by Gasteiger charge is 2.24. The number of aromatic nitrogens is 1. The second kappa shape index (κ2) is 6.20. The Morgan fingerprint density at radius 3 is 2.82 bits per heavy atom. The molecule has 1 N–H and O–H groups in total. The van der Waals surface area contributed by atoms with E-state index in [0.717, 1.165) is 24.2 Å². The molecular formula is C17H16ClN3O. The zero-order valence-electron chi connectivity index (χ0n) is 12.2. The van der Waals surface area contributed by atoms with Crippen LogP contribution in [0.3, 0.4) is 0 Å². The van der Waals surface area contributed by atoms with Crippen LogP contribution in [0.15, 0.2) is 48.9 Å². The van der Waals surface area contributed by atoms with Gasteiger partial charge in [0.15, 0.2) is 0 Å². The molecule has 5 heteroatoms. The summed E-state index contributed by atoms with van der Waals surface area (Å²) in [6.07, 6.45) is 6.35. The number of rotatable bonds is 4. The standard InChI is InChI=1S/C17H16ClN3O/c1-21(9-6-12-4-7-19-8-5-12)11-15-14-10-13(18)2-3-16(14)20-17(15)22/h2-5,7-8,10-11H,6,9H2,1H3,(H,20,22)/b15-11+. The summed E-state index contributed by atoms with van der Waals surface area (Å²) in [6.45, 7) is 0.816. The number of amides is 1. The molecule has 4 nitrogen and oxygen atoms in total. The zero-order chi connectivity index (χ0) is 15.5. The molecule has 0 saturated carbocycles. The minimum Gasteiger partial charge on any atom is -0.379 e. The number of benzene rings is 1. The van der Waals surface area contributed by atoms with Crippen molar-refractivity contribution in [2.45, 2.75) is 6.42 Å². The van der Waals surface area contributed by atoms with Crippen molar-refractivity contribution in [2.75, 3.05) is 18.9 Å². The van der Waals surface area contributed by atoms with Crippen LogP contribution in [0.5, 0.6) is 0 Å². The molecule has 0 aliphatic carbocycles. The molecule has 112 valence electrons. The van der Waals surface area contributed by atoms with Crippen LogP contribution in [-0.2, 0) is 11.2 Å². The van der Waals surface area contributed by atoms with Crippen molar-refractivity contribution in [3.05, 3.63) is 65.1 Å². The highest BCUT2D eigenvalue weighted by Crippen LogP contribution is 2.33. The molecule has 3 rings (SSSR count). The number of carbonyl (C=O) groups excluding carboxylic acids is 1. The first-order valence-corrected chi connectivity index (χ1v) is 7.43. The van der Waals surface area contributed by atoms with Crippen LogP contribution in [0.1, 0.15) is 11.1 Å². The molecule has 2 aromatic rings. The maximum Gasteiger partial charge on any atom is 0.257 e. The van der Waals surface area contributed by atoms with Gasteiger partial charge in [-0.1, -0.05) is 11.6 Å².